The molecule has 0 aliphatic heterocycles. The number of carbonyl (C=O) groups excluding carboxylic acids is 1. The van der Waals surface area contributed by atoms with Gasteiger partial charge in [-0.25, -0.2) is 9.97 Å². The molecule has 0 fully saturated rings. The molecule has 0 saturated heterocycles. The van der Waals surface area contributed by atoms with Crippen molar-refractivity contribution in [3.05, 3.63) is 48.4 Å². The third-order valence-electron chi connectivity index (χ3n) is 2.33. The van der Waals surface area contributed by atoms with Gasteiger partial charge in [-0.1, -0.05) is 29.5 Å². The molecule has 20 heavy (non-hydrogen) atoms. The maximum absolute atomic E-state index is 12.0. The second-order valence-corrected chi connectivity index (χ2v) is 5.94. The Kier molecular flexibility index (Phi) is 3.75. The summed E-state index contributed by atoms with van der Waals surface area (Å²) in [5, 5.41) is 10.7. The van der Waals surface area contributed by atoms with Crippen LogP contribution in [-0.4, -0.2) is 26.1 Å². The SMILES string of the molecule is O=C(Nc1cnc(Sc2nc[nH]n2)s1)c1ccccc1. The lowest BCUT2D eigenvalue weighted by molar-refractivity contribution is 0.102. The number of rotatable bonds is 4. The summed E-state index contributed by atoms with van der Waals surface area (Å²) in [4.78, 5) is 20.2. The Morgan fingerprint density at radius 1 is 1.25 bits per heavy atom. The number of carbonyl (C=O) groups is 1. The quantitative estimate of drug-likeness (QED) is 0.774. The van der Waals surface area contributed by atoms with E-state index >= 15 is 0 Å². The van der Waals surface area contributed by atoms with E-state index < -0.39 is 0 Å². The predicted molar refractivity (Wildman–Crippen MR) is 77.0 cm³/mol. The highest BCUT2D eigenvalue weighted by Gasteiger charge is 2.10. The molecule has 8 heteroatoms. The van der Waals surface area contributed by atoms with Crippen LogP contribution in [0, 0.1) is 0 Å². The van der Waals surface area contributed by atoms with Crippen molar-refractivity contribution in [2.24, 2.45) is 0 Å². The lowest BCUT2D eigenvalue weighted by atomic mass is 10.2. The number of anilines is 1. The molecule has 0 bridgehead atoms. The first-order valence-corrected chi connectivity index (χ1v) is 7.30. The average Bonchev–Trinajstić information content (AvgIpc) is 3.12. The summed E-state index contributed by atoms with van der Waals surface area (Å²) in [7, 11) is 0. The van der Waals surface area contributed by atoms with Crippen LogP contribution in [0.2, 0.25) is 0 Å². The van der Waals surface area contributed by atoms with Crippen LogP contribution in [0.4, 0.5) is 5.00 Å². The van der Waals surface area contributed by atoms with Crippen molar-refractivity contribution in [3.63, 3.8) is 0 Å². The largest absolute Gasteiger partial charge is 0.312 e. The molecule has 0 aliphatic carbocycles. The van der Waals surface area contributed by atoms with E-state index in [2.05, 4.69) is 25.5 Å². The number of H-pyrrole nitrogens is 1. The van der Waals surface area contributed by atoms with Gasteiger partial charge in [0.05, 0.1) is 6.20 Å². The van der Waals surface area contributed by atoms with Crippen molar-refractivity contribution < 1.29 is 4.79 Å². The molecule has 3 aromatic rings. The molecule has 0 spiro atoms. The first-order valence-electron chi connectivity index (χ1n) is 5.67. The number of benzene rings is 1. The Morgan fingerprint density at radius 3 is 2.85 bits per heavy atom. The number of nitrogens with one attached hydrogen (secondary N) is 2. The summed E-state index contributed by atoms with van der Waals surface area (Å²) in [6, 6.07) is 9.05. The van der Waals surface area contributed by atoms with E-state index in [1.807, 2.05) is 18.2 Å². The summed E-state index contributed by atoms with van der Waals surface area (Å²) in [6.45, 7) is 0. The third-order valence-corrected chi connectivity index (χ3v) is 4.20. The Bertz CT molecular complexity index is 696. The van der Waals surface area contributed by atoms with Gasteiger partial charge in [0.1, 0.15) is 11.3 Å². The van der Waals surface area contributed by atoms with E-state index in [-0.39, 0.29) is 5.91 Å². The van der Waals surface area contributed by atoms with Gasteiger partial charge < -0.3 is 5.32 Å². The van der Waals surface area contributed by atoms with Crippen LogP contribution < -0.4 is 5.32 Å². The van der Waals surface area contributed by atoms with Gasteiger partial charge in [0, 0.05) is 5.56 Å². The van der Waals surface area contributed by atoms with E-state index in [4.69, 9.17) is 0 Å². The second kappa shape index (κ2) is 5.85. The maximum atomic E-state index is 12.0. The topological polar surface area (TPSA) is 83.6 Å². The van der Waals surface area contributed by atoms with Crippen LogP contribution in [0.3, 0.4) is 0 Å². The monoisotopic (exact) mass is 303 g/mol. The van der Waals surface area contributed by atoms with Gasteiger partial charge >= 0.3 is 0 Å². The lowest BCUT2D eigenvalue weighted by Crippen LogP contribution is -2.10. The van der Waals surface area contributed by atoms with Crippen molar-refractivity contribution >= 4 is 34.0 Å². The van der Waals surface area contributed by atoms with Crippen molar-refractivity contribution in [1.82, 2.24) is 20.2 Å². The molecule has 1 amide bonds. The Morgan fingerprint density at radius 2 is 2.10 bits per heavy atom. The van der Waals surface area contributed by atoms with Crippen molar-refractivity contribution in [3.8, 4) is 0 Å². The molecule has 1 aromatic carbocycles. The van der Waals surface area contributed by atoms with E-state index in [0.29, 0.717) is 15.7 Å². The van der Waals surface area contributed by atoms with Crippen molar-refractivity contribution in [2.75, 3.05) is 5.32 Å². The normalized spacial score (nSPS) is 10.4. The Hall–Kier alpha value is -2.19. The highest BCUT2D eigenvalue weighted by Crippen LogP contribution is 2.31. The molecule has 6 nitrogen and oxygen atoms in total. The fourth-order valence-electron chi connectivity index (χ4n) is 1.46. The Labute approximate surface area is 122 Å². The number of hydrogen-bond donors (Lipinski definition) is 2. The van der Waals surface area contributed by atoms with Crippen LogP contribution in [0.5, 0.6) is 0 Å². The molecular weight excluding hydrogens is 294 g/mol. The highest BCUT2D eigenvalue weighted by atomic mass is 32.2. The second-order valence-electron chi connectivity index (χ2n) is 3.69. The summed E-state index contributed by atoms with van der Waals surface area (Å²) in [5.41, 5.74) is 0.615. The number of aromatic amines is 1. The fraction of sp³-hybridized carbons (Fsp3) is 0. The third kappa shape index (κ3) is 3.03. The standard InChI is InChI=1S/C12H9N5OS2/c18-10(8-4-2-1-3-5-8)16-9-6-13-12(19-9)20-11-14-7-15-17-11/h1-7H,(H,16,18)(H,14,15,17). The van der Waals surface area contributed by atoms with Crippen LogP contribution in [0.1, 0.15) is 10.4 Å². The molecule has 3 rings (SSSR count). The van der Waals surface area contributed by atoms with Crippen LogP contribution in [0.25, 0.3) is 0 Å². The minimum atomic E-state index is -0.149. The number of thiazole rings is 1. The number of amides is 1. The van der Waals surface area contributed by atoms with Gasteiger partial charge in [-0.05, 0) is 23.9 Å². The number of nitrogens with zero attached hydrogens (tertiary/aromatic N) is 3. The molecule has 0 saturated carbocycles. The molecule has 2 aromatic heterocycles. The minimum absolute atomic E-state index is 0.149. The van der Waals surface area contributed by atoms with Crippen LogP contribution in [0.15, 0.2) is 52.4 Å². The van der Waals surface area contributed by atoms with Crippen molar-refractivity contribution in [2.45, 2.75) is 9.50 Å². The highest BCUT2D eigenvalue weighted by molar-refractivity contribution is 8.00. The first-order chi connectivity index (χ1) is 9.81. The molecule has 100 valence electrons. The fourth-order valence-corrected chi connectivity index (χ4v) is 3.13. The van der Waals surface area contributed by atoms with E-state index in [0.717, 1.165) is 4.34 Å². The van der Waals surface area contributed by atoms with Gasteiger partial charge in [0.15, 0.2) is 4.34 Å². The molecule has 0 aliphatic rings. The zero-order valence-electron chi connectivity index (χ0n) is 10.1. The van der Waals surface area contributed by atoms with Gasteiger partial charge in [-0.2, -0.15) is 0 Å². The smallest absolute Gasteiger partial charge is 0.256 e. The molecular formula is C12H9N5OS2. The molecule has 2 heterocycles. The zero-order valence-corrected chi connectivity index (χ0v) is 11.7. The van der Waals surface area contributed by atoms with Gasteiger partial charge in [-0.3, -0.25) is 9.89 Å². The van der Waals surface area contributed by atoms with Gasteiger partial charge in [0.25, 0.3) is 5.91 Å². The van der Waals surface area contributed by atoms with Crippen molar-refractivity contribution in [1.29, 1.82) is 0 Å². The molecule has 0 unspecified atom stereocenters. The van der Waals surface area contributed by atoms with Crippen LogP contribution in [-0.2, 0) is 0 Å². The summed E-state index contributed by atoms with van der Waals surface area (Å²) in [6.07, 6.45) is 3.13. The summed E-state index contributed by atoms with van der Waals surface area (Å²) >= 11 is 2.72. The molecule has 0 radical (unpaired) electrons. The molecule has 0 atom stereocenters. The zero-order chi connectivity index (χ0) is 13.8. The summed E-state index contributed by atoms with van der Waals surface area (Å²) in [5.74, 6) is -0.149. The van der Waals surface area contributed by atoms with E-state index in [9.17, 15) is 4.79 Å². The van der Waals surface area contributed by atoms with Gasteiger partial charge in [-0.15, -0.1) is 5.10 Å². The van der Waals surface area contributed by atoms with Gasteiger partial charge in [0.2, 0.25) is 5.16 Å². The molecule has 2 N–H and O–H groups in total. The maximum Gasteiger partial charge on any atom is 0.256 e. The minimum Gasteiger partial charge on any atom is -0.312 e. The predicted octanol–water partition coefficient (Wildman–Crippen LogP) is 2.66. The number of hydrogen-bond acceptors (Lipinski definition) is 6. The average molecular weight is 303 g/mol. The van der Waals surface area contributed by atoms with E-state index in [1.54, 1.807) is 18.3 Å². The summed E-state index contributed by atoms with van der Waals surface area (Å²) < 4.78 is 0.771. The lowest BCUT2D eigenvalue weighted by Gasteiger charge is -2.00. The Balaban J connectivity index is 1.67. The number of aromatic nitrogens is 4. The van der Waals surface area contributed by atoms with E-state index in [1.165, 1.54) is 29.4 Å². The van der Waals surface area contributed by atoms with Crippen LogP contribution >= 0.6 is 23.1 Å². The first kappa shape index (κ1) is 12.8.